The van der Waals surface area contributed by atoms with Gasteiger partial charge in [0.25, 0.3) is 0 Å². The van der Waals surface area contributed by atoms with Crippen LogP contribution in [0.15, 0.2) is 48.5 Å². The molecule has 144 valence electrons. The molecule has 0 aliphatic heterocycles. The molecule has 1 aliphatic carbocycles. The molecule has 2 heteroatoms. The number of aliphatic hydroxyl groups is 1. The van der Waals surface area contributed by atoms with E-state index >= 15 is 0 Å². The van der Waals surface area contributed by atoms with E-state index in [2.05, 4.69) is 64.1 Å². The highest BCUT2D eigenvalue weighted by molar-refractivity contribution is 6.02. The maximum Gasteiger partial charge on any atom is 0.193 e. The van der Waals surface area contributed by atoms with E-state index in [1.807, 2.05) is 12.1 Å². The fourth-order valence-corrected chi connectivity index (χ4v) is 5.04. The van der Waals surface area contributed by atoms with Crippen LogP contribution in [0.4, 0.5) is 0 Å². The molecule has 1 N–H and O–H groups in total. The van der Waals surface area contributed by atoms with E-state index in [4.69, 9.17) is 0 Å². The number of rotatable bonds is 5. The van der Waals surface area contributed by atoms with Crippen LogP contribution >= 0.6 is 0 Å². The summed E-state index contributed by atoms with van der Waals surface area (Å²) in [6.45, 7) is 12.4. The molecule has 0 saturated heterocycles. The van der Waals surface area contributed by atoms with E-state index in [0.29, 0.717) is 11.5 Å². The summed E-state index contributed by atoms with van der Waals surface area (Å²) in [7, 11) is 0. The molecule has 0 aromatic heterocycles. The third kappa shape index (κ3) is 3.73. The van der Waals surface area contributed by atoms with E-state index in [0.717, 1.165) is 12.8 Å². The lowest BCUT2D eigenvalue weighted by Crippen LogP contribution is -2.31. The molecule has 2 unspecified atom stereocenters. The first-order chi connectivity index (χ1) is 12.4. The normalized spacial score (nSPS) is 22.6. The molecule has 0 bridgehead atoms. The highest BCUT2D eigenvalue weighted by Crippen LogP contribution is 2.51. The smallest absolute Gasteiger partial charge is 0.193 e. The molecular formula is C25H32O2. The van der Waals surface area contributed by atoms with Crippen molar-refractivity contribution in [3.8, 4) is 0 Å². The summed E-state index contributed by atoms with van der Waals surface area (Å²) in [5, 5.41) is 10.1. The molecule has 0 fully saturated rings. The fourth-order valence-electron chi connectivity index (χ4n) is 5.04. The summed E-state index contributed by atoms with van der Waals surface area (Å²) in [5.41, 5.74) is 3.39. The Morgan fingerprint density at radius 2 is 1.74 bits per heavy atom. The summed E-state index contributed by atoms with van der Waals surface area (Å²) in [6, 6.07) is 16.8. The Hall–Kier alpha value is -1.93. The molecule has 2 nitrogen and oxygen atoms in total. The van der Waals surface area contributed by atoms with Gasteiger partial charge in [-0.3, -0.25) is 4.79 Å². The lowest BCUT2D eigenvalue weighted by Gasteiger charge is -2.36. The first-order valence-electron chi connectivity index (χ1n) is 9.91. The molecule has 1 aliphatic rings. The van der Waals surface area contributed by atoms with Crippen LogP contribution in [0.2, 0.25) is 0 Å². The van der Waals surface area contributed by atoms with Crippen LogP contribution < -0.4 is 0 Å². The average Bonchev–Trinajstić information content (AvgIpc) is 2.83. The van der Waals surface area contributed by atoms with Gasteiger partial charge in [-0.1, -0.05) is 70.2 Å². The Morgan fingerprint density at radius 3 is 2.33 bits per heavy atom. The maximum absolute atomic E-state index is 12.5. The van der Waals surface area contributed by atoms with E-state index in [9.17, 15) is 9.90 Å². The van der Waals surface area contributed by atoms with Crippen molar-refractivity contribution in [1.82, 2.24) is 0 Å². The Balaban J connectivity index is 1.96. The van der Waals surface area contributed by atoms with Crippen LogP contribution in [0.3, 0.4) is 0 Å². The van der Waals surface area contributed by atoms with Gasteiger partial charge >= 0.3 is 0 Å². The number of hydrogen-bond donors (Lipinski definition) is 1. The monoisotopic (exact) mass is 364 g/mol. The second kappa shape index (κ2) is 6.60. The highest BCUT2D eigenvalue weighted by Gasteiger charge is 2.42. The van der Waals surface area contributed by atoms with Gasteiger partial charge in [-0.05, 0) is 66.2 Å². The van der Waals surface area contributed by atoms with Crippen molar-refractivity contribution in [3.05, 3.63) is 70.8 Å². The molecule has 0 heterocycles. The number of fused-ring (bicyclic) bond motifs is 1. The first kappa shape index (κ1) is 19.8. The summed E-state index contributed by atoms with van der Waals surface area (Å²) in [6.07, 6.45) is 2.14. The van der Waals surface area contributed by atoms with Gasteiger partial charge in [0, 0.05) is 5.56 Å². The van der Waals surface area contributed by atoms with Crippen LogP contribution in [-0.2, 0) is 10.8 Å². The Morgan fingerprint density at radius 1 is 1.11 bits per heavy atom. The third-order valence-electron chi connectivity index (χ3n) is 6.19. The van der Waals surface area contributed by atoms with Crippen molar-refractivity contribution in [1.29, 1.82) is 0 Å². The van der Waals surface area contributed by atoms with Crippen molar-refractivity contribution in [2.75, 3.05) is 0 Å². The van der Waals surface area contributed by atoms with E-state index in [1.54, 1.807) is 13.8 Å². The number of hydrogen-bond acceptors (Lipinski definition) is 2. The first-order valence-corrected chi connectivity index (χ1v) is 9.91. The fraction of sp³-hybridized carbons (Fsp3) is 0.480. The zero-order chi connectivity index (χ0) is 20.0. The van der Waals surface area contributed by atoms with E-state index in [1.165, 1.54) is 16.7 Å². The molecule has 0 amide bonds. The van der Waals surface area contributed by atoms with Gasteiger partial charge in [0.2, 0.25) is 0 Å². The zero-order valence-corrected chi connectivity index (χ0v) is 17.5. The molecule has 0 radical (unpaired) electrons. The number of Topliss-reactive ketones (excluding diaryl/α,β-unsaturated/α-hetero) is 1. The zero-order valence-electron chi connectivity index (χ0n) is 17.5. The molecule has 0 spiro atoms. The Labute approximate surface area is 163 Å². The van der Waals surface area contributed by atoms with Crippen molar-refractivity contribution in [3.63, 3.8) is 0 Å². The Bertz CT molecular complexity index is 842. The van der Waals surface area contributed by atoms with Crippen LogP contribution in [0, 0.1) is 0 Å². The van der Waals surface area contributed by atoms with Crippen molar-refractivity contribution in [2.45, 2.75) is 76.7 Å². The van der Waals surface area contributed by atoms with Gasteiger partial charge in [0.15, 0.2) is 5.78 Å². The van der Waals surface area contributed by atoms with Crippen LogP contribution in [0.5, 0.6) is 0 Å². The molecule has 2 aromatic rings. The van der Waals surface area contributed by atoms with Crippen molar-refractivity contribution >= 4 is 5.78 Å². The quantitative estimate of drug-likeness (QED) is 0.684. The minimum Gasteiger partial charge on any atom is -0.382 e. The lowest BCUT2D eigenvalue weighted by molar-refractivity contribution is 0.0488. The van der Waals surface area contributed by atoms with Gasteiger partial charge in [-0.2, -0.15) is 0 Å². The molecule has 2 atom stereocenters. The van der Waals surface area contributed by atoms with Crippen molar-refractivity contribution in [2.24, 2.45) is 0 Å². The summed E-state index contributed by atoms with van der Waals surface area (Å²) < 4.78 is 0. The van der Waals surface area contributed by atoms with Gasteiger partial charge in [0.1, 0.15) is 5.60 Å². The number of carbonyl (C=O) groups excluding carboxylic acids is 1. The SMILES string of the molecule is CC1CC(C)(CC(C)(C)c2ccccc2)c2ccc(C(=O)C(C)(C)O)cc21. The topological polar surface area (TPSA) is 37.3 Å². The van der Waals surface area contributed by atoms with Crippen LogP contribution in [-0.4, -0.2) is 16.5 Å². The van der Waals surface area contributed by atoms with E-state index in [-0.39, 0.29) is 16.6 Å². The lowest BCUT2D eigenvalue weighted by atomic mass is 9.68. The van der Waals surface area contributed by atoms with Gasteiger partial charge in [-0.15, -0.1) is 0 Å². The summed E-state index contributed by atoms with van der Waals surface area (Å²) >= 11 is 0. The second-order valence-electron chi connectivity index (χ2n) is 9.78. The van der Waals surface area contributed by atoms with Gasteiger partial charge < -0.3 is 5.11 Å². The summed E-state index contributed by atoms with van der Waals surface area (Å²) in [4.78, 5) is 12.5. The third-order valence-corrected chi connectivity index (χ3v) is 6.19. The second-order valence-corrected chi connectivity index (χ2v) is 9.78. The van der Waals surface area contributed by atoms with Crippen LogP contribution in [0.25, 0.3) is 0 Å². The number of ketones is 1. The predicted molar refractivity (Wildman–Crippen MR) is 112 cm³/mol. The standard InChI is InChI=1S/C25H32O2/c1-17-15-25(6,16-23(2,3)19-10-8-7-9-11-19)21-13-12-18(14-20(17)21)22(26)24(4,5)27/h7-14,17,27H,15-16H2,1-6H3. The minimum absolute atomic E-state index is 0.0684. The molecular weight excluding hydrogens is 332 g/mol. The van der Waals surface area contributed by atoms with E-state index < -0.39 is 5.60 Å². The van der Waals surface area contributed by atoms with Gasteiger partial charge in [-0.25, -0.2) is 0 Å². The van der Waals surface area contributed by atoms with Crippen LogP contribution in [0.1, 0.15) is 87.4 Å². The molecule has 27 heavy (non-hydrogen) atoms. The molecule has 3 rings (SSSR count). The Kier molecular flexibility index (Phi) is 4.84. The molecule has 2 aromatic carbocycles. The highest BCUT2D eigenvalue weighted by atomic mass is 16.3. The number of carbonyl (C=O) groups is 1. The minimum atomic E-state index is -1.34. The predicted octanol–water partition coefficient (Wildman–Crippen LogP) is 5.77. The van der Waals surface area contributed by atoms with Crippen molar-refractivity contribution < 1.29 is 9.90 Å². The van der Waals surface area contributed by atoms with Gasteiger partial charge in [0.05, 0.1) is 0 Å². The summed E-state index contributed by atoms with van der Waals surface area (Å²) in [5.74, 6) is 0.196. The maximum atomic E-state index is 12.5. The molecule has 0 saturated carbocycles. The largest absolute Gasteiger partial charge is 0.382 e. The average molecular weight is 365 g/mol. The number of benzene rings is 2.